The van der Waals surface area contributed by atoms with E-state index in [4.69, 9.17) is 0 Å². The molecule has 0 aromatic carbocycles. The fraction of sp³-hybridized carbons (Fsp3) is 0.658. The first kappa shape index (κ1) is 39.8. The summed E-state index contributed by atoms with van der Waals surface area (Å²) in [5, 5.41) is 22.6. The molecule has 0 spiro atoms. The number of hydrogen-bond donors (Lipinski definition) is 3. The third-order valence-electron chi connectivity index (χ3n) is 7.16. The lowest BCUT2D eigenvalue weighted by atomic mass is 10.1. The van der Waals surface area contributed by atoms with Crippen molar-refractivity contribution in [3.05, 3.63) is 72.9 Å². The van der Waals surface area contributed by atoms with Gasteiger partial charge in [0, 0.05) is 6.42 Å². The van der Waals surface area contributed by atoms with Crippen LogP contribution in [0.4, 0.5) is 0 Å². The molecule has 0 aliphatic carbocycles. The molecule has 0 aliphatic heterocycles. The molecule has 4 heteroatoms. The Balaban J connectivity index is 3.80. The molecule has 4 nitrogen and oxygen atoms in total. The fourth-order valence-corrected chi connectivity index (χ4v) is 4.48. The summed E-state index contributed by atoms with van der Waals surface area (Å²) in [7, 11) is 0. The van der Waals surface area contributed by atoms with Gasteiger partial charge in [0.15, 0.2) is 0 Å². The van der Waals surface area contributed by atoms with Gasteiger partial charge in [-0.1, -0.05) is 138 Å². The number of amides is 1. The van der Waals surface area contributed by atoms with Gasteiger partial charge >= 0.3 is 0 Å². The third-order valence-corrected chi connectivity index (χ3v) is 7.16. The van der Waals surface area contributed by atoms with Crippen LogP contribution in [0, 0.1) is 0 Å². The fourth-order valence-electron chi connectivity index (χ4n) is 4.48. The molecule has 0 heterocycles. The zero-order valence-electron chi connectivity index (χ0n) is 27.2. The molecule has 0 saturated heterocycles. The van der Waals surface area contributed by atoms with Gasteiger partial charge in [0.1, 0.15) is 0 Å². The maximum Gasteiger partial charge on any atom is 0.220 e. The van der Waals surface area contributed by atoms with Crippen molar-refractivity contribution in [3.8, 4) is 0 Å². The molecule has 0 rings (SSSR count). The van der Waals surface area contributed by atoms with E-state index in [1.807, 2.05) is 6.08 Å². The quantitative estimate of drug-likeness (QED) is 0.0606. The monoisotopic (exact) mass is 583 g/mol. The van der Waals surface area contributed by atoms with Gasteiger partial charge in [-0.2, -0.15) is 0 Å². The maximum atomic E-state index is 12.2. The van der Waals surface area contributed by atoms with Gasteiger partial charge in [0.2, 0.25) is 5.91 Å². The molecule has 2 atom stereocenters. The van der Waals surface area contributed by atoms with E-state index in [1.54, 1.807) is 6.08 Å². The van der Waals surface area contributed by atoms with Gasteiger partial charge in [-0.15, -0.1) is 0 Å². The number of aliphatic hydroxyl groups is 2. The Morgan fingerprint density at radius 2 is 1.00 bits per heavy atom. The summed E-state index contributed by atoms with van der Waals surface area (Å²) in [5.41, 5.74) is 0. The molecule has 0 saturated carbocycles. The highest BCUT2D eigenvalue weighted by Gasteiger charge is 2.17. The van der Waals surface area contributed by atoms with Gasteiger partial charge in [-0.05, 0) is 70.6 Å². The Labute approximate surface area is 259 Å². The summed E-state index contributed by atoms with van der Waals surface area (Å²) in [5.74, 6) is -0.135. The number of rotatable bonds is 29. The molecule has 240 valence electrons. The molecule has 0 aromatic rings. The second-order valence-corrected chi connectivity index (χ2v) is 11.2. The van der Waals surface area contributed by atoms with Gasteiger partial charge < -0.3 is 15.5 Å². The first-order valence-corrected chi connectivity index (χ1v) is 17.2. The second-order valence-electron chi connectivity index (χ2n) is 11.2. The normalized spacial score (nSPS) is 14.1. The van der Waals surface area contributed by atoms with Crippen LogP contribution in [0.3, 0.4) is 0 Å². The first-order chi connectivity index (χ1) is 20.7. The van der Waals surface area contributed by atoms with Crippen LogP contribution < -0.4 is 5.32 Å². The molecule has 0 unspecified atom stereocenters. The minimum atomic E-state index is -0.884. The van der Waals surface area contributed by atoms with E-state index in [0.29, 0.717) is 6.42 Å². The van der Waals surface area contributed by atoms with E-state index in [9.17, 15) is 15.0 Å². The first-order valence-electron chi connectivity index (χ1n) is 17.2. The van der Waals surface area contributed by atoms with Crippen molar-refractivity contribution in [3.63, 3.8) is 0 Å². The summed E-state index contributed by atoms with van der Waals surface area (Å²) < 4.78 is 0. The number of unbranched alkanes of at least 4 members (excludes halogenated alkanes) is 12. The zero-order chi connectivity index (χ0) is 30.8. The van der Waals surface area contributed by atoms with E-state index in [-0.39, 0.29) is 12.5 Å². The number of hydrogen-bond acceptors (Lipinski definition) is 3. The summed E-state index contributed by atoms with van der Waals surface area (Å²) in [6.07, 6.45) is 47.1. The van der Waals surface area contributed by atoms with Crippen LogP contribution in [0.15, 0.2) is 72.9 Å². The molecule has 0 aliphatic rings. The van der Waals surface area contributed by atoms with Crippen LogP contribution >= 0.6 is 0 Å². The van der Waals surface area contributed by atoms with E-state index in [2.05, 4.69) is 79.9 Å². The number of carbonyl (C=O) groups is 1. The molecule has 0 aromatic heterocycles. The Hall–Kier alpha value is -2.17. The minimum Gasteiger partial charge on any atom is -0.394 e. The van der Waals surface area contributed by atoms with E-state index in [0.717, 1.165) is 51.4 Å². The SMILES string of the molecule is CCCCC/C=C/CC/C=C/[C@@H](O)[C@H](CO)NC(=O)CCC/C=C/C/C=C/C/C=C/C/C=C/CCCCCCCCC. The Bertz CT molecular complexity index is 762. The second kappa shape index (κ2) is 33.3. The standard InChI is InChI=1S/C38H65NO3/c1-3-5-7-9-11-13-14-15-16-17-18-19-20-21-22-23-24-26-28-30-32-34-38(42)39-36(35-40)37(41)33-31-29-27-25-12-10-8-6-4-2/h12,16-17,19-20,22-23,25-26,28,31,33,36-37,40-41H,3-11,13-15,18,21,24,27,29-30,32,34-35H2,1-2H3,(H,39,42)/b17-16+,20-19+,23-22+,25-12+,28-26+,33-31+/t36-,37+/m0/s1. The highest BCUT2D eigenvalue weighted by atomic mass is 16.3. The summed E-state index contributed by atoms with van der Waals surface area (Å²) in [6, 6.07) is -0.668. The highest BCUT2D eigenvalue weighted by Crippen LogP contribution is 2.09. The van der Waals surface area contributed by atoms with Gasteiger partial charge in [-0.3, -0.25) is 4.79 Å². The molecule has 1 amide bonds. The van der Waals surface area contributed by atoms with Crippen molar-refractivity contribution in [1.82, 2.24) is 5.32 Å². The van der Waals surface area contributed by atoms with E-state index < -0.39 is 12.1 Å². The summed E-state index contributed by atoms with van der Waals surface area (Å²) >= 11 is 0. The summed E-state index contributed by atoms with van der Waals surface area (Å²) in [4.78, 5) is 12.2. The van der Waals surface area contributed by atoms with Gasteiger partial charge in [0.25, 0.3) is 0 Å². The van der Waals surface area contributed by atoms with Gasteiger partial charge in [-0.25, -0.2) is 0 Å². The van der Waals surface area contributed by atoms with Crippen LogP contribution in [0.25, 0.3) is 0 Å². The molecule has 3 N–H and O–H groups in total. The summed E-state index contributed by atoms with van der Waals surface area (Å²) in [6.45, 7) is 4.19. The average molecular weight is 584 g/mol. The Morgan fingerprint density at radius 1 is 0.571 bits per heavy atom. The van der Waals surface area contributed by atoms with Crippen molar-refractivity contribution in [2.75, 3.05) is 6.61 Å². The van der Waals surface area contributed by atoms with Crippen molar-refractivity contribution in [2.45, 2.75) is 154 Å². The van der Waals surface area contributed by atoms with Crippen molar-refractivity contribution < 1.29 is 15.0 Å². The smallest absolute Gasteiger partial charge is 0.220 e. The van der Waals surface area contributed by atoms with Crippen LogP contribution in [0.5, 0.6) is 0 Å². The van der Waals surface area contributed by atoms with Gasteiger partial charge in [0.05, 0.1) is 18.8 Å². The number of aliphatic hydroxyl groups excluding tert-OH is 2. The molecular formula is C38H65NO3. The predicted molar refractivity (Wildman–Crippen MR) is 184 cm³/mol. The van der Waals surface area contributed by atoms with E-state index in [1.165, 1.54) is 70.6 Å². The number of allylic oxidation sites excluding steroid dienone is 11. The molecule has 42 heavy (non-hydrogen) atoms. The maximum absolute atomic E-state index is 12.2. The highest BCUT2D eigenvalue weighted by molar-refractivity contribution is 5.76. The molecule has 0 fully saturated rings. The Morgan fingerprint density at radius 3 is 1.60 bits per heavy atom. The van der Waals surface area contributed by atoms with E-state index >= 15 is 0 Å². The minimum absolute atomic E-state index is 0.135. The topological polar surface area (TPSA) is 69.6 Å². The average Bonchev–Trinajstić information content (AvgIpc) is 2.99. The predicted octanol–water partition coefficient (Wildman–Crippen LogP) is 10.0. The molecular weight excluding hydrogens is 518 g/mol. The van der Waals surface area contributed by atoms with Crippen molar-refractivity contribution in [1.29, 1.82) is 0 Å². The van der Waals surface area contributed by atoms with Crippen LogP contribution in [-0.2, 0) is 4.79 Å². The van der Waals surface area contributed by atoms with Crippen molar-refractivity contribution >= 4 is 5.91 Å². The van der Waals surface area contributed by atoms with Crippen LogP contribution in [0.1, 0.15) is 142 Å². The zero-order valence-corrected chi connectivity index (χ0v) is 27.2. The lowest BCUT2D eigenvalue weighted by Gasteiger charge is -2.19. The molecule has 0 bridgehead atoms. The van der Waals surface area contributed by atoms with Crippen LogP contribution in [0.2, 0.25) is 0 Å². The lowest BCUT2D eigenvalue weighted by molar-refractivity contribution is -0.122. The van der Waals surface area contributed by atoms with Crippen LogP contribution in [-0.4, -0.2) is 34.9 Å². The number of nitrogens with one attached hydrogen (secondary N) is 1. The Kier molecular flexibility index (Phi) is 31.6. The largest absolute Gasteiger partial charge is 0.394 e. The van der Waals surface area contributed by atoms with Crippen molar-refractivity contribution in [2.24, 2.45) is 0 Å². The lowest BCUT2D eigenvalue weighted by Crippen LogP contribution is -2.45. The third kappa shape index (κ3) is 29.3. The number of carbonyl (C=O) groups excluding carboxylic acids is 1. The molecule has 0 radical (unpaired) electrons.